The molecule has 0 saturated heterocycles. The van der Waals surface area contributed by atoms with Crippen LogP contribution in [0.15, 0.2) is 6.07 Å². The third-order valence-corrected chi connectivity index (χ3v) is 1.36. The number of hydrogen-bond donors (Lipinski definition) is 2. The summed E-state index contributed by atoms with van der Waals surface area (Å²) in [5.41, 5.74) is 1.83. The zero-order chi connectivity index (χ0) is 7.40. The van der Waals surface area contributed by atoms with E-state index in [0.717, 1.165) is 24.2 Å². The van der Waals surface area contributed by atoms with Gasteiger partial charge in [0, 0.05) is 0 Å². The molecule has 0 atom stereocenters. The molecule has 0 radical (unpaired) electrons. The quantitative estimate of drug-likeness (QED) is 0.654. The number of nitrogens with one attached hydrogen (secondary N) is 1. The van der Waals surface area contributed by atoms with Gasteiger partial charge in [0.25, 0.3) is 0 Å². The van der Waals surface area contributed by atoms with Gasteiger partial charge in [0.2, 0.25) is 0 Å². The van der Waals surface area contributed by atoms with Crippen molar-refractivity contribution in [1.29, 1.82) is 0 Å². The number of aliphatic hydroxyl groups excluding tert-OH is 1. The van der Waals surface area contributed by atoms with E-state index in [-0.39, 0.29) is 6.61 Å². The summed E-state index contributed by atoms with van der Waals surface area (Å²) in [5, 5.41) is 15.4. The number of rotatable bonds is 3. The van der Waals surface area contributed by atoms with Gasteiger partial charge in [0.15, 0.2) is 0 Å². The number of nitrogens with zero attached hydrogens (tertiary/aromatic N) is 1. The molecule has 1 heterocycles. The van der Waals surface area contributed by atoms with E-state index in [4.69, 9.17) is 5.11 Å². The van der Waals surface area contributed by atoms with Crippen molar-refractivity contribution in [3.63, 3.8) is 0 Å². The van der Waals surface area contributed by atoms with Gasteiger partial charge in [-0.1, -0.05) is 13.3 Å². The van der Waals surface area contributed by atoms with Crippen molar-refractivity contribution in [2.24, 2.45) is 0 Å². The first-order chi connectivity index (χ1) is 4.86. The van der Waals surface area contributed by atoms with Crippen LogP contribution in [0.5, 0.6) is 0 Å². The molecule has 10 heavy (non-hydrogen) atoms. The van der Waals surface area contributed by atoms with Gasteiger partial charge in [0.1, 0.15) is 0 Å². The van der Waals surface area contributed by atoms with Gasteiger partial charge in [-0.15, -0.1) is 0 Å². The first-order valence-electron chi connectivity index (χ1n) is 3.51. The molecule has 0 saturated carbocycles. The number of hydrogen-bond acceptors (Lipinski definition) is 2. The van der Waals surface area contributed by atoms with Crippen molar-refractivity contribution in [2.45, 2.75) is 26.4 Å². The largest absolute Gasteiger partial charge is 0.390 e. The van der Waals surface area contributed by atoms with Crippen LogP contribution >= 0.6 is 0 Å². The maximum atomic E-state index is 8.65. The van der Waals surface area contributed by atoms with Crippen LogP contribution in [0.2, 0.25) is 0 Å². The second-order valence-electron chi connectivity index (χ2n) is 2.29. The van der Waals surface area contributed by atoms with Gasteiger partial charge >= 0.3 is 0 Å². The van der Waals surface area contributed by atoms with Crippen molar-refractivity contribution in [3.05, 3.63) is 17.5 Å². The topological polar surface area (TPSA) is 48.9 Å². The average molecular weight is 140 g/mol. The monoisotopic (exact) mass is 140 g/mol. The van der Waals surface area contributed by atoms with Crippen LogP contribution in [-0.4, -0.2) is 15.3 Å². The number of aromatic amines is 1. The minimum atomic E-state index is 0.0523. The lowest BCUT2D eigenvalue weighted by Gasteiger charge is -1.85. The predicted octanol–water partition coefficient (Wildman–Crippen LogP) is 0.855. The maximum absolute atomic E-state index is 8.65. The molecule has 0 aliphatic carbocycles. The molecule has 0 fully saturated rings. The lowest BCUT2D eigenvalue weighted by molar-refractivity contribution is 0.276. The van der Waals surface area contributed by atoms with Gasteiger partial charge in [-0.25, -0.2) is 0 Å². The Morgan fingerprint density at radius 1 is 1.70 bits per heavy atom. The van der Waals surface area contributed by atoms with Crippen LogP contribution in [0, 0.1) is 0 Å². The van der Waals surface area contributed by atoms with Crippen molar-refractivity contribution >= 4 is 0 Å². The number of H-pyrrole nitrogens is 1. The van der Waals surface area contributed by atoms with E-state index in [1.165, 1.54) is 0 Å². The molecule has 1 aromatic heterocycles. The summed E-state index contributed by atoms with van der Waals surface area (Å²) in [4.78, 5) is 0. The molecular formula is C7H12N2O. The Kier molecular flexibility index (Phi) is 2.45. The Morgan fingerprint density at radius 3 is 3.00 bits per heavy atom. The van der Waals surface area contributed by atoms with Gasteiger partial charge < -0.3 is 5.11 Å². The number of aliphatic hydroxyl groups is 1. The molecule has 0 bridgehead atoms. The van der Waals surface area contributed by atoms with Crippen LogP contribution in [0.3, 0.4) is 0 Å². The molecular weight excluding hydrogens is 128 g/mol. The summed E-state index contributed by atoms with van der Waals surface area (Å²) in [6, 6.07) is 1.89. The van der Waals surface area contributed by atoms with Crippen LogP contribution in [0.4, 0.5) is 0 Å². The summed E-state index contributed by atoms with van der Waals surface area (Å²) < 4.78 is 0. The van der Waals surface area contributed by atoms with Crippen LogP contribution < -0.4 is 0 Å². The zero-order valence-corrected chi connectivity index (χ0v) is 6.09. The fraction of sp³-hybridized carbons (Fsp3) is 0.571. The highest BCUT2D eigenvalue weighted by atomic mass is 16.3. The summed E-state index contributed by atoms with van der Waals surface area (Å²) in [7, 11) is 0. The highest BCUT2D eigenvalue weighted by Gasteiger charge is 1.96. The first-order valence-corrected chi connectivity index (χ1v) is 3.51. The molecule has 0 aromatic carbocycles. The van der Waals surface area contributed by atoms with E-state index >= 15 is 0 Å². The molecule has 1 rings (SSSR count). The van der Waals surface area contributed by atoms with E-state index in [1.807, 2.05) is 6.07 Å². The molecule has 0 amide bonds. The minimum Gasteiger partial charge on any atom is -0.390 e. The van der Waals surface area contributed by atoms with E-state index in [0.29, 0.717) is 0 Å². The molecule has 0 aliphatic rings. The van der Waals surface area contributed by atoms with Gasteiger partial charge in [-0.3, -0.25) is 5.10 Å². The van der Waals surface area contributed by atoms with Gasteiger partial charge in [0.05, 0.1) is 18.0 Å². The molecule has 1 aromatic rings. The summed E-state index contributed by atoms with van der Waals surface area (Å²) in [6.45, 7) is 2.16. The molecule has 0 unspecified atom stereocenters. The summed E-state index contributed by atoms with van der Waals surface area (Å²) in [6.07, 6.45) is 2.08. The normalized spacial score (nSPS) is 10.2. The summed E-state index contributed by atoms with van der Waals surface area (Å²) in [5.74, 6) is 0. The maximum Gasteiger partial charge on any atom is 0.0847 e. The lowest BCUT2D eigenvalue weighted by Crippen LogP contribution is -1.80. The molecule has 2 N–H and O–H groups in total. The lowest BCUT2D eigenvalue weighted by atomic mass is 10.2. The molecule has 0 spiro atoms. The van der Waals surface area contributed by atoms with E-state index in [9.17, 15) is 0 Å². The van der Waals surface area contributed by atoms with E-state index in [1.54, 1.807) is 0 Å². The number of aromatic nitrogens is 2. The second-order valence-corrected chi connectivity index (χ2v) is 2.29. The Bertz CT molecular complexity index is 195. The summed E-state index contributed by atoms with van der Waals surface area (Å²) >= 11 is 0. The first kappa shape index (κ1) is 7.28. The van der Waals surface area contributed by atoms with Crippen molar-refractivity contribution < 1.29 is 5.11 Å². The average Bonchev–Trinajstić information content (AvgIpc) is 2.37. The van der Waals surface area contributed by atoms with Crippen molar-refractivity contribution in [1.82, 2.24) is 10.2 Å². The molecule has 56 valence electrons. The third kappa shape index (κ3) is 1.57. The van der Waals surface area contributed by atoms with Crippen molar-refractivity contribution in [2.75, 3.05) is 0 Å². The minimum absolute atomic E-state index is 0.0523. The fourth-order valence-corrected chi connectivity index (χ4v) is 0.874. The van der Waals surface area contributed by atoms with E-state index < -0.39 is 0 Å². The highest BCUT2D eigenvalue weighted by molar-refractivity contribution is 5.07. The third-order valence-electron chi connectivity index (χ3n) is 1.36. The number of aryl methyl sites for hydroxylation is 1. The van der Waals surface area contributed by atoms with Crippen LogP contribution in [-0.2, 0) is 13.0 Å². The Hall–Kier alpha value is -0.830. The van der Waals surface area contributed by atoms with Crippen LogP contribution in [0.25, 0.3) is 0 Å². The SMILES string of the molecule is CCCc1cc(CO)[nH]n1. The second kappa shape index (κ2) is 3.37. The zero-order valence-electron chi connectivity index (χ0n) is 6.09. The molecule has 3 heteroatoms. The van der Waals surface area contributed by atoms with E-state index in [2.05, 4.69) is 17.1 Å². The Morgan fingerprint density at radius 2 is 2.50 bits per heavy atom. The van der Waals surface area contributed by atoms with Crippen LogP contribution in [0.1, 0.15) is 24.7 Å². The highest BCUT2D eigenvalue weighted by Crippen LogP contribution is 2.01. The standard InChI is InChI=1S/C7H12N2O/c1-2-3-6-4-7(5-10)9-8-6/h4,10H,2-3,5H2,1H3,(H,8,9). The Labute approximate surface area is 60.1 Å². The molecule has 0 aliphatic heterocycles. The Balaban J connectivity index is 2.59. The molecule has 3 nitrogen and oxygen atoms in total. The predicted molar refractivity (Wildman–Crippen MR) is 38.5 cm³/mol. The van der Waals surface area contributed by atoms with Gasteiger partial charge in [-0.2, -0.15) is 5.10 Å². The van der Waals surface area contributed by atoms with Crippen molar-refractivity contribution in [3.8, 4) is 0 Å². The smallest absolute Gasteiger partial charge is 0.0847 e. The fourth-order valence-electron chi connectivity index (χ4n) is 0.874. The van der Waals surface area contributed by atoms with Gasteiger partial charge in [-0.05, 0) is 12.5 Å².